The van der Waals surface area contributed by atoms with Crippen LogP contribution in [0.3, 0.4) is 0 Å². The summed E-state index contributed by atoms with van der Waals surface area (Å²) in [4.78, 5) is 15.3. The van der Waals surface area contributed by atoms with E-state index in [2.05, 4.69) is 140 Å². The fourth-order valence-electron chi connectivity index (χ4n) is 7.94. The molecule has 0 saturated carbocycles. The smallest absolute Gasteiger partial charge is 0.164 e. The molecule has 2 heterocycles. The Hall–Kier alpha value is -7.17. The van der Waals surface area contributed by atoms with E-state index in [1.54, 1.807) is 0 Å². The second kappa shape index (κ2) is 11.7. The van der Waals surface area contributed by atoms with Gasteiger partial charge in [-0.05, 0) is 73.5 Å². The largest absolute Gasteiger partial charge is 0.456 e. The predicted molar refractivity (Wildman–Crippen MR) is 216 cm³/mol. The maximum atomic E-state index is 6.25. The molecule has 0 radical (unpaired) electrons. The van der Waals surface area contributed by atoms with Crippen LogP contribution < -0.4 is 0 Å². The van der Waals surface area contributed by atoms with Gasteiger partial charge in [0.15, 0.2) is 17.5 Å². The highest BCUT2D eigenvalue weighted by atomic mass is 16.3. The molecule has 2 aromatic heterocycles. The Morgan fingerprint density at radius 3 is 1.57 bits per heavy atom. The minimum atomic E-state index is 0.603. The van der Waals surface area contributed by atoms with Crippen LogP contribution in [0.25, 0.3) is 111 Å². The summed E-state index contributed by atoms with van der Waals surface area (Å²) >= 11 is 0. The van der Waals surface area contributed by atoms with Crippen molar-refractivity contribution in [3.05, 3.63) is 176 Å². The van der Waals surface area contributed by atoms with Crippen LogP contribution in [0.1, 0.15) is 0 Å². The van der Waals surface area contributed by atoms with E-state index in [0.717, 1.165) is 49.8 Å². The number of rotatable bonds is 5. The number of nitrogens with zero attached hydrogens (tertiary/aromatic N) is 3. The van der Waals surface area contributed by atoms with Crippen molar-refractivity contribution in [2.45, 2.75) is 0 Å². The zero-order chi connectivity index (χ0) is 34.9. The number of aromatic nitrogens is 3. The molecule has 8 aromatic carbocycles. The molecule has 0 amide bonds. The molecular weight excluding hydrogens is 647 g/mol. The van der Waals surface area contributed by atoms with Gasteiger partial charge >= 0.3 is 0 Å². The van der Waals surface area contributed by atoms with Crippen molar-refractivity contribution >= 4 is 32.7 Å². The Labute approximate surface area is 305 Å². The first kappa shape index (κ1) is 29.5. The Kier molecular flexibility index (Phi) is 6.52. The molecule has 0 unspecified atom stereocenters. The standard InChI is InChI=1S/C49H29N3O/c1-2-9-30(10-3-1)31-19-23-34(24-20-31)47-50-48(52-49(51-47)41-16-8-18-44-46(41)40-13-4-5-17-43(40)53-44)35-25-21-32(22-26-35)36-27-28-37-38-14-6-11-33-12-7-15-39(45(33)38)42(37)29-36/h1-29H. The minimum absolute atomic E-state index is 0.603. The van der Waals surface area contributed by atoms with Gasteiger partial charge in [-0.25, -0.2) is 15.0 Å². The molecule has 0 saturated heterocycles. The quantitative estimate of drug-likeness (QED) is 0.182. The molecule has 0 spiro atoms. The fourth-order valence-corrected chi connectivity index (χ4v) is 7.94. The number of hydrogen-bond donors (Lipinski definition) is 0. The zero-order valence-corrected chi connectivity index (χ0v) is 28.5. The number of para-hydroxylation sites is 1. The number of furan rings is 1. The van der Waals surface area contributed by atoms with Crippen LogP contribution in [0.4, 0.5) is 0 Å². The normalized spacial score (nSPS) is 11.8. The van der Waals surface area contributed by atoms with Crippen molar-refractivity contribution in [2.24, 2.45) is 0 Å². The van der Waals surface area contributed by atoms with Crippen LogP contribution in [-0.4, -0.2) is 15.0 Å². The lowest BCUT2D eigenvalue weighted by Crippen LogP contribution is -2.00. The van der Waals surface area contributed by atoms with E-state index in [-0.39, 0.29) is 0 Å². The highest BCUT2D eigenvalue weighted by Gasteiger charge is 2.22. The molecular formula is C49H29N3O. The van der Waals surface area contributed by atoms with Crippen LogP contribution in [0.2, 0.25) is 0 Å². The van der Waals surface area contributed by atoms with E-state index in [1.807, 2.05) is 36.4 Å². The molecule has 0 atom stereocenters. The number of fused-ring (bicyclic) bond motifs is 6. The third-order valence-electron chi connectivity index (χ3n) is 10.5. The maximum Gasteiger partial charge on any atom is 0.164 e. The summed E-state index contributed by atoms with van der Waals surface area (Å²) < 4.78 is 6.25. The molecule has 0 fully saturated rings. The highest BCUT2D eigenvalue weighted by Crippen LogP contribution is 2.48. The van der Waals surface area contributed by atoms with Crippen LogP contribution >= 0.6 is 0 Å². The molecule has 0 N–H and O–H groups in total. The van der Waals surface area contributed by atoms with E-state index >= 15 is 0 Å². The average Bonchev–Trinajstić information content (AvgIpc) is 3.78. The molecule has 0 aliphatic heterocycles. The van der Waals surface area contributed by atoms with Gasteiger partial charge < -0.3 is 4.42 Å². The van der Waals surface area contributed by atoms with Gasteiger partial charge in [-0.1, -0.05) is 158 Å². The first-order chi connectivity index (χ1) is 26.2. The van der Waals surface area contributed by atoms with Crippen molar-refractivity contribution in [1.82, 2.24) is 15.0 Å². The third kappa shape index (κ3) is 4.80. The molecule has 4 nitrogen and oxygen atoms in total. The van der Waals surface area contributed by atoms with E-state index in [0.29, 0.717) is 17.5 Å². The SMILES string of the molecule is c1ccc(-c2ccc(-c3nc(-c4ccc(-c5ccc6c(c5)-c5cccc7cccc-6c57)cc4)nc(-c4cccc5oc6ccccc6c45)n3)cc2)cc1. The highest BCUT2D eigenvalue weighted by molar-refractivity contribution is 6.16. The summed E-state index contributed by atoms with van der Waals surface area (Å²) in [6, 6.07) is 61.6. The van der Waals surface area contributed by atoms with Crippen LogP contribution in [-0.2, 0) is 0 Å². The molecule has 1 aliphatic carbocycles. The predicted octanol–water partition coefficient (Wildman–Crippen LogP) is 12.9. The molecule has 1 aliphatic rings. The molecule has 53 heavy (non-hydrogen) atoms. The van der Waals surface area contributed by atoms with E-state index in [9.17, 15) is 0 Å². The summed E-state index contributed by atoms with van der Waals surface area (Å²) in [6.07, 6.45) is 0. The summed E-state index contributed by atoms with van der Waals surface area (Å²) in [5.74, 6) is 1.83. The Morgan fingerprint density at radius 1 is 0.302 bits per heavy atom. The molecule has 10 aromatic rings. The lowest BCUT2D eigenvalue weighted by molar-refractivity contribution is 0.669. The lowest BCUT2D eigenvalue weighted by Gasteiger charge is -2.11. The van der Waals surface area contributed by atoms with E-state index in [1.165, 1.54) is 44.2 Å². The topological polar surface area (TPSA) is 51.8 Å². The van der Waals surface area contributed by atoms with Gasteiger partial charge in [0, 0.05) is 27.5 Å². The van der Waals surface area contributed by atoms with Crippen molar-refractivity contribution in [2.75, 3.05) is 0 Å². The van der Waals surface area contributed by atoms with Gasteiger partial charge in [-0.15, -0.1) is 0 Å². The van der Waals surface area contributed by atoms with Gasteiger partial charge in [0.1, 0.15) is 11.2 Å². The Bertz CT molecular complexity index is 3030. The number of benzene rings is 8. The first-order valence-electron chi connectivity index (χ1n) is 17.9. The third-order valence-corrected chi connectivity index (χ3v) is 10.5. The van der Waals surface area contributed by atoms with Gasteiger partial charge in [-0.2, -0.15) is 0 Å². The summed E-state index contributed by atoms with van der Waals surface area (Å²) in [6.45, 7) is 0. The minimum Gasteiger partial charge on any atom is -0.456 e. The van der Waals surface area contributed by atoms with Crippen molar-refractivity contribution < 1.29 is 4.42 Å². The first-order valence-corrected chi connectivity index (χ1v) is 17.9. The number of hydrogen-bond acceptors (Lipinski definition) is 4. The molecule has 246 valence electrons. The molecule has 4 heteroatoms. The van der Waals surface area contributed by atoms with Gasteiger partial charge in [0.05, 0.1) is 0 Å². The maximum absolute atomic E-state index is 6.25. The van der Waals surface area contributed by atoms with E-state index in [4.69, 9.17) is 19.4 Å². The van der Waals surface area contributed by atoms with Crippen molar-refractivity contribution in [1.29, 1.82) is 0 Å². The summed E-state index contributed by atoms with van der Waals surface area (Å²) in [5, 5.41) is 4.65. The van der Waals surface area contributed by atoms with E-state index < -0.39 is 0 Å². The van der Waals surface area contributed by atoms with Gasteiger partial charge in [0.25, 0.3) is 0 Å². The van der Waals surface area contributed by atoms with Crippen LogP contribution in [0.5, 0.6) is 0 Å². The van der Waals surface area contributed by atoms with Crippen molar-refractivity contribution in [3.8, 4) is 78.7 Å². The fraction of sp³-hybridized carbons (Fsp3) is 0. The second-order valence-electron chi connectivity index (χ2n) is 13.6. The second-order valence-corrected chi connectivity index (χ2v) is 13.6. The summed E-state index contributed by atoms with van der Waals surface area (Å²) in [7, 11) is 0. The molecule has 11 rings (SSSR count). The monoisotopic (exact) mass is 675 g/mol. The van der Waals surface area contributed by atoms with Crippen molar-refractivity contribution in [3.63, 3.8) is 0 Å². The Morgan fingerprint density at radius 2 is 0.830 bits per heavy atom. The van der Waals surface area contributed by atoms with Crippen LogP contribution in [0.15, 0.2) is 180 Å². The van der Waals surface area contributed by atoms with Crippen LogP contribution in [0, 0.1) is 0 Å². The van der Waals surface area contributed by atoms with Gasteiger partial charge in [-0.3, -0.25) is 0 Å². The lowest BCUT2D eigenvalue weighted by atomic mass is 9.97. The zero-order valence-electron chi connectivity index (χ0n) is 28.5. The molecule has 0 bridgehead atoms. The van der Waals surface area contributed by atoms with Gasteiger partial charge in [0.2, 0.25) is 0 Å². The summed E-state index contributed by atoms with van der Waals surface area (Å²) in [5.41, 5.74) is 14.2. The average molecular weight is 676 g/mol. The Balaban J connectivity index is 1.02.